The van der Waals surface area contributed by atoms with E-state index < -0.39 is 22.6 Å². The van der Waals surface area contributed by atoms with Crippen molar-refractivity contribution in [3.8, 4) is 0 Å². The maximum absolute atomic E-state index is 13.6. The Kier molecular flexibility index (Phi) is 4.52. The number of aromatic carboxylic acids is 1. The van der Waals surface area contributed by atoms with Crippen molar-refractivity contribution < 1.29 is 18.5 Å². The first kappa shape index (κ1) is 14.7. The molecule has 20 heavy (non-hydrogen) atoms. The molecule has 1 atom stereocenters. The van der Waals surface area contributed by atoms with E-state index in [4.69, 9.17) is 16.7 Å². The van der Waals surface area contributed by atoms with Crippen LogP contribution in [0.15, 0.2) is 47.4 Å². The molecule has 0 saturated carbocycles. The van der Waals surface area contributed by atoms with Crippen LogP contribution < -0.4 is 0 Å². The van der Waals surface area contributed by atoms with Crippen molar-refractivity contribution in [1.82, 2.24) is 0 Å². The minimum absolute atomic E-state index is 0.0918. The smallest absolute Gasteiger partial charge is 0.335 e. The number of hydrogen-bond acceptors (Lipinski definition) is 2. The van der Waals surface area contributed by atoms with Crippen LogP contribution in [0.25, 0.3) is 0 Å². The van der Waals surface area contributed by atoms with Gasteiger partial charge in [0.1, 0.15) is 5.82 Å². The second-order valence-corrected chi connectivity index (χ2v) is 5.92. The number of carbonyl (C=O) groups is 1. The van der Waals surface area contributed by atoms with E-state index in [9.17, 15) is 13.4 Å². The standard InChI is InChI=1S/C14H10ClFO3S/c15-11-4-1-9(2-5-11)8-20(19)13-7-10(14(17)18)3-6-12(13)16/h1-7H,8H2,(H,17,18). The van der Waals surface area contributed by atoms with E-state index in [1.807, 2.05) is 0 Å². The zero-order chi connectivity index (χ0) is 14.7. The van der Waals surface area contributed by atoms with Gasteiger partial charge in [-0.1, -0.05) is 23.7 Å². The molecule has 2 aromatic carbocycles. The quantitative estimate of drug-likeness (QED) is 0.940. The zero-order valence-electron chi connectivity index (χ0n) is 10.2. The number of rotatable bonds is 4. The maximum Gasteiger partial charge on any atom is 0.335 e. The Balaban J connectivity index is 2.26. The lowest BCUT2D eigenvalue weighted by Gasteiger charge is -2.05. The van der Waals surface area contributed by atoms with Gasteiger partial charge in [0, 0.05) is 5.02 Å². The number of hydrogen-bond donors (Lipinski definition) is 1. The molecule has 0 aliphatic rings. The van der Waals surface area contributed by atoms with Gasteiger partial charge in [-0.2, -0.15) is 0 Å². The number of carboxylic acids is 1. The van der Waals surface area contributed by atoms with Gasteiger partial charge in [-0.05, 0) is 35.9 Å². The first-order chi connectivity index (χ1) is 9.47. The average Bonchev–Trinajstić information content (AvgIpc) is 2.41. The van der Waals surface area contributed by atoms with Gasteiger partial charge in [-0.3, -0.25) is 4.21 Å². The molecule has 0 bridgehead atoms. The second kappa shape index (κ2) is 6.15. The Morgan fingerprint density at radius 3 is 2.45 bits per heavy atom. The molecule has 0 radical (unpaired) electrons. The van der Waals surface area contributed by atoms with Crippen LogP contribution in [0.3, 0.4) is 0 Å². The fourth-order valence-corrected chi connectivity index (χ4v) is 2.94. The van der Waals surface area contributed by atoms with E-state index in [0.29, 0.717) is 5.02 Å². The molecule has 2 aromatic rings. The maximum atomic E-state index is 13.6. The highest BCUT2D eigenvalue weighted by Crippen LogP contribution is 2.19. The monoisotopic (exact) mass is 312 g/mol. The third-order valence-electron chi connectivity index (χ3n) is 2.63. The summed E-state index contributed by atoms with van der Waals surface area (Å²) >= 11 is 5.74. The molecule has 6 heteroatoms. The summed E-state index contributed by atoms with van der Waals surface area (Å²) in [6.45, 7) is 0. The van der Waals surface area contributed by atoms with Crippen molar-refractivity contribution in [1.29, 1.82) is 0 Å². The van der Waals surface area contributed by atoms with Crippen molar-refractivity contribution in [2.24, 2.45) is 0 Å². The van der Waals surface area contributed by atoms with Crippen LogP contribution in [0.4, 0.5) is 4.39 Å². The van der Waals surface area contributed by atoms with E-state index in [1.165, 1.54) is 0 Å². The lowest BCUT2D eigenvalue weighted by atomic mass is 10.2. The summed E-state index contributed by atoms with van der Waals surface area (Å²) in [6, 6.07) is 9.94. The molecule has 1 unspecified atom stereocenters. The molecular formula is C14H10ClFO3S. The number of halogens is 2. The van der Waals surface area contributed by atoms with Crippen molar-refractivity contribution in [2.75, 3.05) is 0 Å². The van der Waals surface area contributed by atoms with Crippen molar-refractivity contribution in [3.05, 3.63) is 64.4 Å². The summed E-state index contributed by atoms with van der Waals surface area (Å²) in [5.74, 6) is -1.77. The Morgan fingerprint density at radius 2 is 1.85 bits per heavy atom. The minimum Gasteiger partial charge on any atom is -0.478 e. The molecule has 0 aliphatic carbocycles. The molecule has 0 amide bonds. The van der Waals surface area contributed by atoms with Crippen LogP contribution >= 0.6 is 11.6 Å². The molecule has 0 spiro atoms. The average molecular weight is 313 g/mol. The normalized spacial score (nSPS) is 12.1. The summed E-state index contributed by atoms with van der Waals surface area (Å²) in [6.07, 6.45) is 0. The molecule has 0 heterocycles. The first-order valence-electron chi connectivity index (χ1n) is 5.63. The van der Waals surface area contributed by atoms with Crippen LogP contribution in [-0.4, -0.2) is 15.3 Å². The van der Waals surface area contributed by atoms with Crippen molar-refractivity contribution in [3.63, 3.8) is 0 Å². The predicted molar refractivity (Wildman–Crippen MR) is 74.9 cm³/mol. The third kappa shape index (κ3) is 3.43. The van der Waals surface area contributed by atoms with Gasteiger partial charge in [-0.25, -0.2) is 9.18 Å². The summed E-state index contributed by atoms with van der Waals surface area (Å²) < 4.78 is 25.8. The predicted octanol–water partition coefficient (Wildman–Crippen LogP) is 3.49. The summed E-state index contributed by atoms with van der Waals surface area (Å²) in [4.78, 5) is 10.7. The van der Waals surface area contributed by atoms with E-state index in [0.717, 1.165) is 23.8 Å². The van der Waals surface area contributed by atoms with Gasteiger partial charge in [0.25, 0.3) is 0 Å². The molecule has 3 nitrogen and oxygen atoms in total. The molecule has 1 N–H and O–H groups in total. The second-order valence-electron chi connectivity index (χ2n) is 4.07. The topological polar surface area (TPSA) is 54.4 Å². The number of carboxylic acid groups (broad SMARTS) is 1. The molecule has 0 aromatic heterocycles. The first-order valence-corrected chi connectivity index (χ1v) is 7.33. The Labute approximate surface area is 122 Å². The third-order valence-corrected chi connectivity index (χ3v) is 4.29. The summed E-state index contributed by atoms with van der Waals surface area (Å²) in [5, 5.41) is 9.42. The highest BCUT2D eigenvalue weighted by Gasteiger charge is 2.14. The minimum atomic E-state index is -1.66. The Bertz CT molecular complexity index is 671. The largest absolute Gasteiger partial charge is 0.478 e. The summed E-state index contributed by atoms with van der Waals surface area (Å²) in [5.41, 5.74) is 0.638. The molecule has 2 rings (SSSR count). The van der Waals surface area contributed by atoms with E-state index >= 15 is 0 Å². The Morgan fingerprint density at radius 1 is 1.20 bits per heavy atom. The van der Waals surface area contributed by atoms with E-state index in [1.54, 1.807) is 24.3 Å². The lowest BCUT2D eigenvalue weighted by molar-refractivity contribution is 0.0696. The van der Waals surface area contributed by atoms with Crippen LogP contribution in [0.1, 0.15) is 15.9 Å². The van der Waals surface area contributed by atoms with Gasteiger partial charge in [0.2, 0.25) is 0 Å². The van der Waals surface area contributed by atoms with Crippen molar-refractivity contribution >= 4 is 28.4 Å². The molecule has 104 valence electrons. The van der Waals surface area contributed by atoms with Gasteiger partial charge in [-0.15, -0.1) is 0 Å². The van der Waals surface area contributed by atoms with Gasteiger partial charge < -0.3 is 5.11 Å². The molecule has 0 aliphatic heterocycles. The van der Waals surface area contributed by atoms with Crippen LogP contribution in [0.2, 0.25) is 5.02 Å². The fourth-order valence-electron chi connectivity index (χ4n) is 1.62. The van der Waals surface area contributed by atoms with Crippen molar-refractivity contribution in [2.45, 2.75) is 10.6 Å². The highest BCUT2D eigenvalue weighted by molar-refractivity contribution is 7.84. The van der Waals surface area contributed by atoms with E-state index in [-0.39, 0.29) is 16.2 Å². The van der Waals surface area contributed by atoms with E-state index in [2.05, 4.69) is 0 Å². The van der Waals surface area contributed by atoms with Crippen LogP contribution in [-0.2, 0) is 16.6 Å². The van der Waals surface area contributed by atoms with Gasteiger partial charge in [0.05, 0.1) is 27.0 Å². The zero-order valence-corrected chi connectivity index (χ0v) is 11.7. The number of benzene rings is 2. The highest BCUT2D eigenvalue weighted by atomic mass is 35.5. The Hall–Kier alpha value is -1.72. The SMILES string of the molecule is O=C(O)c1ccc(F)c(S(=O)Cc2ccc(Cl)cc2)c1. The lowest BCUT2D eigenvalue weighted by Crippen LogP contribution is -2.03. The molecular weight excluding hydrogens is 303 g/mol. The van der Waals surface area contributed by atoms with Gasteiger partial charge >= 0.3 is 5.97 Å². The molecule has 0 fully saturated rings. The fraction of sp³-hybridized carbons (Fsp3) is 0.0714. The van der Waals surface area contributed by atoms with Crippen LogP contribution in [0.5, 0.6) is 0 Å². The van der Waals surface area contributed by atoms with Crippen LogP contribution in [0, 0.1) is 5.82 Å². The van der Waals surface area contributed by atoms with Gasteiger partial charge in [0.15, 0.2) is 0 Å². The summed E-state index contributed by atoms with van der Waals surface area (Å²) in [7, 11) is -1.66. The molecule has 0 saturated heterocycles.